The molecule has 0 atom stereocenters. The summed E-state index contributed by atoms with van der Waals surface area (Å²) in [6.07, 6.45) is 6.39. The molecule has 3 rings (SSSR count). The Morgan fingerprint density at radius 2 is 2.30 bits per heavy atom. The second-order valence-corrected chi connectivity index (χ2v) is 4.30. The molecule has 0 bridgehead atoms. The highest BCUT2D eigenvalue weighted by Gasteiger charge is 2.16. The summed E-state index contributed by atoms with van der Waals surface area (Å²) >= 11 is 0. The van der Waals surface area contributed by atoms with Gasteiger partial charge in [-0.15, -0.1) is 0 Å². The van der Waals surface area contributed by atoms with E-state index in [-0.39, 0.29) is 0 Å². The predicted octanol–water partition coefficient (Wildman–Crippen LogP) is 1.40. The van der Waals surface area contributed by atoms with Crippen molar-refractivity contribution in [3.8, 4) is 5.69 Å². The molecule has 0 aliphatic carbocycles. The Balaban J connectivity index is 2.22. The van der Waals surface area contributed by atoms with Gasteiger partial charge in [0.2, 0.25) is 0 Å². The highest BCUT2D eigenvalue weighted by atomic mass is 16.5. The Labute approximate surface area is 114 Å². The molecule has 0 unspecified atom stereocenters. The number of rotatable bonds is 3. The first-order valence-electron chi connectivity index (χ1n) is 6.20. The SMILES string of the molecule is CCOC(=O)c1cnc2c(-n3cncn3)cc(C)cn12. The molecule has 3 heterocycles. The summed E-state index contributed by atoms with van der Waals surface area (Å²) in [5.41, 5.74) is 2.76. The third kappa shape index (κ3) is 1.93. The maximum absolute atomic E-state index is 11.9. The molecule has 0 amide bonds. The molecule has 0 aliphatic rings. The highest BCUT2D eigenvalue weighted by molar-refractivity contribution is 5.89. The van der Waals surface area contributed by atoms with Gasteiger partial charge in [0.15, 0.2) is 11.3 Å². The van der Waals surface area contributed by atoms with E-state index in [1.54, 1.807) is 22.3 Å². The van der Waals surface area contributed by atoms with Crippen LogP contribution in [0.5, 0.6) is 0 Å². The van der Waals surface area contributed by atoms with Crippen molar-refractivity contribution >= 4 is 11.6 Å². The van der Waals surface area contributed by atoms with Crippen LogP contribution in [0, 0.1) is 6.92 Å². The summed E-state index contributed by atoms with van der Waals surface area (Å²) in [7, 11) is 0. The van der Waals surface area contributed by atoms with Gasteiger partial charge in [-0.2, -0.15) is 5.10 Å². The van der Waals surface area contributed by atoms with Crippen LogP contribution in [0.4, 0.5) is 0 Å². The summed E-state index contributed by atoms with van der Waals surface area (Å²) in [4.78, 5) is 20.1. The summed E-state index contributed by atoms with van der Waals surface area (Å²) in [5.74, 6) is -0.393. The Bertz CT molecular complexity index is 761. The minimum atomic E-state index is -0.393. The first kappa shape index (κ1) is 12.3. The van der Waals surface area contributed by atoms with E-state index in [2.05, 4.69) is 15.1 Å². The number of pyridine rings is 1. The Hall–Kier alpha value is -2.70. The van der Waals surface area contributed by atoms with Gasteiger partial charge in [-0.1, -0.05) is 0 Å². The van der Waals surface area contributed by atoms with Gasteiger partial charge >= 0.3 is 5.97 Å². The molecule has 0 radical (unpaired) electrons. The van der Waals surface area contributed by atoms with Gasteiger partial charge < -0.3 is 4.74 Å². The van der Waals surface area contributed by atoms with Gasteiger partial charge in [0, 0.05) is 6.20 Å². The van der Waals surface area contributed by atoms with Crippen molar-refractivity contribution in [3.63, 3.8) is 0 Å². The predicted molar refractivity (Wildman–Crippen MR) is 70.8 cm³/mol. The summed E-state index contributed by atoms with van der Waals surface area (Å²) in [5, 5.41) is 4.10. The van der Waals surface area contributed by atoms with Crippen molar-refractivity contribution in [1.29, 1.82) is 0 Å². The zero-order valence-corrected chi connectivity index (χ0v) is 11.1. The average Bonchev–Trinajstić information content (AvgIpc) is 3.07. The molecule has 3 aromatic rings. The third-order valence-electron chi connectivity index (χ3n) is 2.87. The number of nitrogens with zero attached hydrogens (tertiary/aromatic N) is 5. The highest BCUT2D eigenvalue weighted by Crippen LogP contribution is 2.18. The van der Waals surface area contributed by atoms with Gasteiger partial charge in [-0.05, 0) is 25.5 Å². The molecule has 0 aliphatic heterocycles. The normalized spacial score (nSPS) is 10.9. The maximum Gasteiger partial charge on any atom is 0.356 e. The second kappa shape index (κ2) is 4.76. The number of aryl methyl sites for hydroxylation is 1. The third-order valence-corrected chi connectivity index (χ3v) is 2.87. The van der Waals surface area contributed by atoms with Gasteiger partial charge in [0.1, 0.15) is 18.3 Å². The van der Waals surface area contributed by atoms with Crippen LogP contribution in [0.25, 0.3) is 11.3 Å². The first-order chi connectivity index (χ1) is 9.70. The molecule has 102 valence electrons. The lowest BCUT2D eigenvalue weighted by Gasteiger charge is -2.07. The zero-order chi connectivity index (χ0) is 14.1. The summed E-state index contributed by atoms with van der Waals surface area (Å²) < 4.78 is 8.36. The monoisotopic (exact) mass is 271 g/mol. The minimum absolute atomic E-state index is 0.327. The number of esters is 1. The van der Waals surface area contributed by atoms with E-state index in [0.717, 1.165) is 11.3 Å². The molecule has 0 spiro atoms. The molecule has 7 heteroatoms. The number of hydrogen-bond acceptors (Lipinski definition) is 5. The molecule has 0 saturated carbocycles. The lowest BCUT2D eigenvalue weighted by molar-refractivity contribution is 0.0518. The molecule has 20 heavy (non-hydrogen) atoms. The van der Waals surface area contributed by atoms with Crippen LogP contribution in [0.15, 0.2) is 31.1 Å². The molecule has 0 saturated heterocycles. The minimum Gasteiger partial charge on any atom is -0.461 e. The van der Waals surface area contributed by atoms with E-state index in [9.17, 15) is 4.79 Å². The fourth-order valence-corrected chi connectivity index (χ4v) is 2.06. The first-order valence-corrected chi connectivity index (χ1v) is 6.20. The van der Waals surface area contributed by atoms with Gasteiger partial charge in [-0.3, -0.25) is 4.40 Å². The van der Waals surface area contributed by atoms with Gasteiger partial charge in [0.25, 0.3) is 0 Å². The standard InChI is InChI=1S/C13H13N5O2/c1-3-20-13(19)11-5-15-12-10(18-8-14-7-16-18)4-9(2)6-17(11)12/h4-8H,3H2,1-2H3. The van der Waals surface area contributed by atoms with Crippen molar-refractivity contribution in [1.82, 2.24) is 24.1 Å². The lowest BCUT2D eigenvalue weighted by Crippen LogP contribution is -2.09. The van der Waals surface area contributed by atoms with E-state index in [1.165, 1.54) is 12.5 Å². The maximum atomic E-state index is 11.9. The molecular formula is C13H13N5O2. The molecule has 0 N–H and O–H groups in total. The van der Waals surface area contributed by atoms with Crippen LogP contribution in [0.3, 0.4) is 0 Å². The summed E-state index contributed by atoms with van der Waals surface area (Å²) in [6.45, 7) is 4.04. The Morgan fingerprint density at radius 1 is 1.45 bits per heavy atom. The quantitative estimate of drug-likeness (QED) is 0.673. The van der Waals surface area contributed by atoms with Crippen molar-refractivity contribution in [2.75, 3.05) is 6.61 Å². The lowest BCUT2D eigenvalue weighted by atomic mass is 10.3. The van der Waals surface area contributed by atoms with Crippen LogP contribution in [0.2, 0.25) is 0 Å². The average molecular weight is 271 g/mol. The van der Waals surface area contributed by atoms with Crippen molar-refractivity contribution in [2.45, 2.75) is 13.8 Å². The number of hydrogen-bond donors (Lipinski definition) is 0. The number of carbonyl (C=O) groups is 1. The fraction of sp³-hybridized carbons (Fsp3) is 0.231. The van der Waals surface area contributed by atoms with Crippen LogP contribution in [0.1, 0.15) is 23.0 Å². The Morgan fingerprint density at radius 3 is 3.00 bits per heavy atom. The van der Waals surface area contributed by atoms with Crippen molar-refractivity contribution in [2.24, 2.45) is 0 Å². The molecule has 0 fully saturated rings. The van der Waals surface area contributed by atoms with E-state index >= 15 is 0 Å². The molecular weight excluding hydrogens is 258 g/mol. The van der Waals surface area contributed by atoms with Crippen LogP contribution in [-0.2, 0) is 4.74 Å². The molecule has 3 aromatic heterocycles. The van der Waals surface area contributed by atoms with E-state index in [1.807, 2.05) is 19.2 Å². The fourth-order valence-electron chi connectivity index (χ4n) is 2.06. The number of ether oxygens (including phenoxy) is 1. The van der Waals surface area contributed by atoms with Crippen LogP contribution >= 0.6 is 0 Å². The topological polar surface area (TPSA) is 74.3 Å². The summed E-state index contributed by atoms with van der Waals surface area (Å²) in [6, 6.07) is 1.94. The molecule has 7 nitrogen and oxygen atoms in total. The zero-order valence-electron chi connectivity index (χ0n) is 11.1. The van der Waals surface area contributed by atoms with Crippen molar-refractivity contribution < 1.29 is 9.53 Å². The Kier molecular flexibility index (Phi) is 2.94. The number of carbonyl (C=O) groups excluding carboxylic acids is 1. The van der Waals surface area contributed by atoms with E-state index in [4.69, 9.17) is 4.74 Å². The van der Waals surface area contributed by atoms with Gasteiger partial charge in [0.05, 0.1) is 12.8 Å². The van der Waals surface area contributed by atoms with Gasteiger partial charge in [-0.25, -0.2) is 19.4 Å². The van der Waals surface area contributed by atoms with Crippen LogP contribution < -0.4 is 0 Å². The number of aromatic nitrogens is 5. The number of imidazole rings is 1. The van der Waals surface area contributed by atoms with Crippen molar-refractivity contribution in [3.05, 3.63) is 42.4 Å². The van der Waals surface area contributed by atoms with E-state index < -0.39 is 5.97 Å². The van der Waals surface area contributed by atoms with E-state index in [0.29, 0.717) is 17.9 Å². The largest absolute Gasteiger partial charge is 0.461 e. The second-order valence-electron chi connectivity index (χ2n) is 4.30. The smallest absolute Gasteiger partial charge is 0.356 e. The van der Waals surface area contributed by atoms with Crippen LogP contribution in [-0.4, -0.2) is 36.7 Å². The molecule has 0 aromatic carbocycles. The number of fused-ring (bicyclic) bond motifs is 1.